The predicted molar refractivity (Wildman–Crippen MR) is 86.7 cm³/mol. The van der Waals surface area contributed by atoms with Crippen LogP contribution in [0.25, 0.3) is 0 Å². The first-order chi connectivity index (χ1) is 9.61. The van der Waals surface area contributed by atoms with Crippen molar-refractivity contribution in [1.29, 1.82) is 0 Å². The van der Waals surface area contributed by atoms with Crippen molar-refractivity contribution < 1.29 is 9.90 Å². The highest BCUT2D eigenvalue weighted by molar-refractivity contribution is 9.10. The molecule has 0 spiro atoms. The van der Waals surface area contributed by atoms with Crippen LogP contribution in [-0.4, -0.2) is 17.3 Å². The molecule has 3 nitrogen and oxygen atoms in total. The molecule has 0 aliphatic heterocycles. The minimum Gasteiger partial charge on any atom is -0.478 e. The second-order valence-electron chi connectivity index (χ2n) is 4.17. The fraction of sp³-hybridized carbons (Fsp3) is 0.133. The molecule has 0 aliphatic rings. The van der Waals surface area contributed by atoms with E-state index in [4.69, 9.17) is 0 Å². The number of carboxylic acid groups (broad SMARTS) is 1. The Bertz CT molecular complexity index is 631. The monoisotopic (exact) mass is 351 g/mol. The molecular weight excluding hydrogens is 338 g/mol. The minimum absolute atomic E-state index is 0.329. The SMILES string of the molecule is CSc1cccc(NCc2cccc(Br)c2)c1C(=O)O. The zero-order chi connectivity index (χ0) is 14.5. The molecule has 0 heterocycles. The number of thioether (sulfide) groups is 1. The molecule has 0 amide bonds. The number of nitrogens with one attached hydrogen (secondary N) is 1. The zero-order valence-corrected chi connectivity index (χ0v) is 13.3. The number of rotatable bonds is 5. The molecule has 2 aromatic carbocycles. The number of anilines is 1. The Labute approximate surface area is 130 Å². The number of halogens is 1. The van der Waals surface area contributed by atoms with Crippen molar-refractivity contribution in [3.63, 3.8) is 0 Å². The lowest BCUT2D eigenvalue weighted by Crippen LogP contribution is -2.07. The van der Waals surface area contributed by atoms with Gasteiger partial charge in [0.15, 0.2) is 0 Å². The third kappa shape index (κ3) is 3.55. The maximum absolute atomic E-state index is 11.4. The van der Waals surface area contributed by atoms with Gasteiger partial charge in [-0.15, -0.1) is 11.8 Å². The highest BCUT2D eigenvalue weighted by Crippen LogP contribution is 2.27. The van der Waals surface area contributed by atoms with Gasteiger partial charge in [-0.05, 0) is 36.1 Å². The van der Waals surface area contributed by atoms with Gasteiger partial charge in [0.1, 0.15) is 0 Å². The van der Waals surface area contributed by atoms with Gasteiger partial charge >= 0.3 is 5.97 Å². The van der Waals surface area contributed by atoms with Crippen LogP contribution in [-0.2, 0) is 6.54 Å². The Hall–Kier alpha value is -1.46. The number of aromatic carboxylic acids is 1. The minimum atomic E-state index is -0.910. The van der Waals surface area contributed by atoms with E-state index in [1.54, 1.807) is 6.07 Å². The van der Waals surface area contributed by atoms with Crippen LogP contribution in [0, 0.1) is 0 Å². The molecule has 0 aliphatic carbocycles. The van der Waals surface area contributed by atoms with Gasteiger partial charge in [0.2, 0.25) is 0 Å². The number of hydrogen-bond donors (Lipinski definition) is 2. The van der Waals surface area contributed by atoms with Crippen LogP contribution in [0.4, 0.5) is 5.69 Å². The summed E-state index contributed by atoms with van der Waals surface area (Å²) in [4.78, 5) is 12.2. The Morgan fingerprint density at radius 3 is 2.70 bits per heavy atom. The molecule has 0 aromatic heterocycles. The van der Waals surface area contributed by atoms with Gasteiger partial charge in [-0.1, -0.05) is 34.1 Å². The van der Waals surface area contributed by atoms with Gasteiger partial charge in [0.25, 0.3) is 0 Å². The standard InChI is InChI=1S/C15H14BrNO2S/c1-20-13-7-3-6-12(14(13)15(18)19)17-9-10-4-2-5-11(16)8-10/h2-8,17H,9H2,1H3,(H,18,19). The smallest absolute Gasteiger partial charge is 0.338 e. The number of benzene rings is 2. The van der Waals surface area contributed by atoms with Crippen molar-refractivity contribution in [2.24, 2.45) is 0 Å². The van der Waals surface area contributed by atoms with Gasteiger partial charge in [-0.2, -0.15) is 0 Å². The normalized spacial score (nSPS) is 10.3. The summed E-state index contributed by atoms with van der Waals surface area (Å²) in [5, 5.41) is 12.6. The summed E-state index contributed by atoms with van der Waals surface area (Å²) < 4.78 is 1.01. The highest BCUT2D eigenvalue weighted by atomic mass is 79.9. The Morgan fingerprint density at radius 2 is 2.05 bits per heavy atom. The molecule has 2 N–H and O–H groups in total. The molecule has 0 unspecified atom stereocenters. The van der Waals surface area contributed by atoms with Gasteiger partial charge < -0.3 is 10.4 Å². The topological polar surface area (TPSA) is 49.3 Å². The van der Waals surface area contributed by atoms with Gasteiger partial charge in [0.05, 0.1) is 11.3 Å². The van der Waals surface area contributed by atoms with Crippen molar-refractivity contribution in [3.05, 3.63) is 58.1 Å². The second kappa shape index (κ2) is 6.81. The van der Waals surface area contributed by atoms with E-state index in [-0.39, 0.29) is 0 Å². The fourth-order valence-electron chi connectivity index (χ4n) is 1.91. The Kier molecular flexibility index (Phi) is 5.09. The molecule has 0 radical (unpaired) electrons. The molecule has 2 rings (SSSR count). The van der Waals surface area contributed by atoms with E-state index < -0.39 is 5.97 Å². The largest absolute Gasteiger partial charge is 0.478 e. The van der Waals surface area contributed by atoms with E-state index in [1.807, 2.05) is 42.7 Å². The average molecular weight is 352 g/mol. The van der Waals surface area contributed by atoms with Crippen LogP contribution >= 0.6 is 27.7 Å². The van der Waals surface area contributed by atoms with Crippen LogP contribution < -0.4 is 5.32 Å². The summed E-state index contributed by atoms with van der Waals surface area (Å²) in [7, 11) is 0. The molecule has 0 fully saturated rings. The van der Waals surface area contributed by atoms with E-state index in [0.29, 0.717) is 17.8 Å². The van der Waals surface area contributed by atoms with Crippen LogP contribution in [0.1, 0.15) is 15.9 Å². The van der Waals surface area contributed by atoms with Crippen LogP contribution in [0.15, 0.2) is 51.8 Å². The van der Waals surface area contributed by atoms with E-state index >= 15 is 0 Å². The van der Waals surface area contributed by atoms with Crippen molar-refractivity contribution in [3.8, 4) is 0 Å². The summed E-state index contributed by atoms with van der Waals surface area (Å²) in [6.07, 6.45) is 1.87. The molecule has 0 saturated heterocycles. The van der Waals surface area contributed by atoms with Gasteiger partial charge in [-0.3, -0.25) is 0 Å². The molecule has 20 heavy (non-hydrogen) atoms. The second-order valence-corrected chi connectivity index (χ2v) is 5.94. The van der Waals surface area contributed by atoms with Crippen molar-refractivity contribution in [2.45, 2.75) is 11.4 Å². The third-order valence-electron chi connectivity index (χ3n) is 2.83. The van der Waals surface area contributed by atoms with Crippen molar-refractivity contribution in [2.75, 3.05) is 11.6 Å². The summed E-state index contributed by atoms with van der Waals surface area (Å²) in [5.41, 5.74) is 2.06. The molecule has 0 bridgehead atoms. The van der Waals surface area contributed by atoms with Gasteiger partial charge in [0, 0.05) is 15.9 Å². The lowest BCUT2D eigenvalue weighted by atomic mass is 10.1. The van der Waals surface area contributed by atoms with E-state index in [2.05, 4.69) is 21.2 Å². The average Bonchev–Trinajstić information content (AvgIpc) is 2.44. The van der Waals surface area contributed by atoms with Crippen molar-refractivity contribution in [1.82, 2.24) is 0 Å². The lowest BCUT2D eigenvalue weighted by molar-refractivity contribution is 0.0694. The van der Waals surface area contributed by atoms with Crippen LogP contribution in [0.2, 0.25) is 0 Å². The van der Waals surface area contributed by atoms with E-state index in [0.717, 1.165) is 14.9 Å². The third-order valence-corrected chi connectivity index (χ3v) is 4.11. The first-order valence-electron chi connectivity index (χ1n) is 6.00. The molecular formula is C15H14BrNO2S. The predicted octanol–water partition coefficient (Wildman–Crippen LogP) is 4.48. The van der Waals surface area contributed by atoms with Gasteiger partial charge in [-0.25, -0.2) is 4.79 Å². The molecule has 0 atom stereocenters. The van der Waals surface area contributed by atoms with Crippen LogP contribution in [0.5, 0.6) is 0 Å². The summed E-state index contributed by atoms with van der Waals surface area (Å²) in [6, 6.07) is 13.4. The Balaban J connectivity index is 2.23. The Morgan fingerprint density at radius 1 is 1.30 bits per heavy atom. The molecule has 104 valence electrons. The van der Waals surface area contributed by atoms with Crippen LogP contribution in [0.3, 0.4) is 0 Å². The molecule has 2 aromatic rings. The summed E-state index contributed by atoms with van der Waals surface area (Å²) in [6.45, 7) is 0.581. The van der Waals surface area contributed by atoms with E-state index in [9.17, 15) is 9.90 Å². The quantitative estimate of drug-likeness (QED) is 0.779. The van der Waals surface area contributed by atoms with E-state index in [1.165, 1.54) is 11.8 Å². The van der Waals surface area contributed by atoms with Crippen molar-refractivity contribution >= 4 is 39.3 Å². The highest BCUT2D eigenvalue weighted by Gasteiger charge is 2.14. The first-order valence-corrected chi connectivity index (χ1v) is 8.02. The molecule has 0 saturated carbocycles. The first kappa shape index (κ1) is 14.9. The fourth-order valence-corrected chi connectivity index (χ4v) is 2.98. The molecule has 5 heteroatoms. The number of carbonyl (C=O) groups is 1. The summed E-state index contributed by atoms with van der Waals surface area (Å²) in [5.74, 6) is -0.910. The maximum atomic E-state index is 11.4. The zero-order valence-electron chi connectivity index (χ0n) is 10.9. The summed E-state index contributed by atoms with van der Waals surface area (Å²) >= 11 is 4.86. The maximum Gasteiger partial charge on any atom is 0.338 e. The number of hydrogen-bond acceptors (Lipinski definition) is 3. The lowest BCUT2D eigenvalue weighted by Gasteiger charge is -2.12. The number of carboxylic acids is 1.